The number of fused-ring (bicyclic) bond motifs is 2. The van der Waals surface area contributed by atoms with Crippen LogP contribution >= 0.6 is 0 Å². The van der Waals surface area contributed by atoms with E-state index in [0.717, 1.165) is 22.0 Å². The predicted molar refractivity (Wildman–Crippen MR) is 127 cm³/mol. The van der Waals surface area contributed by atoms with E-state index in [4.69, 9.17) is 13.9 Å². The zero-order valence-electron chi connectivity index (χ0n) is 18.8. The summed E-state index contributed by atoms with van der Waals surface area (Å²) < 4.78 is 45.2. The second-order valence-electron chi connectivity index (χ2n) is 8.32. The summed E-state index contributed by atoms with van der Waals surface area (Å²) in [5.74, 6) is 1.34. The summed E-state index contributed by atoms with van der Waals surface area (Å²) >= 11 is 0. The van der Waals surface area contributed by atoms with Gasteiger partial charge in [0.1, 0.15) is 19.0 Å². The van der Waals surface area contributed by atoms with Crippen LogP contribution in [0.3, 0.4) is 0 Å². The number of aryl methyl sites for hydroxylation is 2. The normalized spacial score (nSPS) is 13.5. The summed E-state index contributed by atoms with van der Waals surface area (Å²) in [5.41, 5.74) is 2.76. The Hall–Kier alpha value is -3.56. The van der Waals surface area contributed by atoms with Crippen LogP contribution in [0.1, 0.15) is 22.5 Å². The van der Waals surface area contributed by atoms with E-state index in [0.29, 0.717) is 36.0 Å². The van der Waals surface area contributed by atoms with E-state index in [1.807, 2.05) is 26.0 Å². The van der Waals surface area contributed by atoms with Crippen molar-refractivity contribution in [2.45, 2.75) is 31.8 Å². The summed E-state index contributed by atoms with van der Waals surface area (Å²) in [4.78, 5) is 15.9. The largest absolute Gasteiger partial charge is 0.486 e. The van der Waals surface area contributed by atoms with E-state index in [1.54, 1.807) is 24.3 Å². The maximum absolute atomic E-state index is 13.7. The molecule has 0 amide bonds. The summed E-state index contributed by atoms with van der Waals surface area (Å²) in [5, 5.41) is 0.870. The molecular weight excluding hydrogens is 456 g/mol. The van der Waals surface area contributed by atoms with Crippen molar-refractivity contribution in [2.24, 2.45) is 0 Å². The highest BCUT2D eigenvalue weighted by Gasteiger charge is 2.28. The standard InChI is InChI=1S/C25H24N2O6S/c1-16-10-17(2)21-12-18(25(28)26-22(21)11-16)14-27(15-19-4-3-7-31-19)34(29,30)20-5-6-23-24(13-20)33-9-8-32-23/h3-7,10-13H,8-9,14-15H2,1-2H3,(H,26,28). The van der Waals surface area contributed by atoms with E-state index in [-0.39, 0.29) is 23.5 Å². The number of nitrogens with zero attached hydrogens (tertiary/aromatic N) is 1. The first-order valence-electron chi connectivity index (χ1n) is 10.9. The minimum Gasteiger partial charge on any atom is -0.486 e. The molecular formula is C25H24N2O6S. The van der Waals surface area contributed by atoms with Crippen molar-refractivity contribution in [3.63, 3.8) is 0 Å². The molecule has 3 heterocycles. The van der Waals surface area contributed by atoms with Gasteiger partial charge in [-0.15, -0.1) is 0 Å². The third-order valence-corrected chi connectivity index (χ3v) is 7.59. The highest BCUT2D eigenvalue weighted by molar-refractivity contribution is 7.89. The van der Waals surface area contributed by atoms with Crippen LogP contribution in [0.4, 0.5) is 0 Å². The van der Waals surface area contributed by atoms with Crippen LogP contribution in [-0.2, 0) is 23.1 Å². The number of hydrogen-bond acceptors (Lipinski definition) is 6. The first kappa shape index (κ1) is 22.2. The van der Waals surface area contributed by atoms with Crippen molar-refractivity contribution in [3.05, 3.63) is 87.6 Å². The van der Waals surface area contributed by atoms with Crippen molar-refractivity contribution >= 4 is 20.9 Å². The van der Waals surface area contributed by atoms with Gasteiger partial charge in [0.2, 0.25) is 10.0 Å². The van der Waals surface area contributed by atoms with Gasteiger partial charge in [0.25, 0.3) is 5.56 Å². The van der Waals surface area contributed by atoms with Gasteiger partial charge < -0.3 is 18.9 Å². The lowest BCUT2D eigenvalue weighted by Gasteiger charge is -2.23. The van der Waals surface area contributed by atoms with Gasteiger partial charge in [-0.3, -0.25) is 4.79 Å². The van der Waals surface area contributed by atoms with Crippen molar-refractivity contribution in [2.75, 3.05) is 13.2 Å². The minimum absolute atomic E-state index is 0.0336. The van der Waals surface area contributed by atoms with Gasteiger partial charge in [0.15, 0.2) is 11.5 Å². The van der Waals surface area contributed by atoms with Crippen LogP contribution in [0.25, 0.3) is 10.9 Å². The topological polar surface area (TPSA) is 102 Å². The number of nitrogens with one attached hydrogen (secondary N) is 1. The second-order valence-corrected chi connectivity index (χ2v) is 10.3. The van der Waals surface area contributed by atoms with Crippen molar-refractivity contribution in [1.29, 1.82) is 0 Å². The molecule has 0 bridgehead atoms. The van der Waals surface area contributed by atoms with Gasteiger partial charge in [-0.2, -0.15) is 4.31 Å². The third kappa shape index (κ3) is 4.20. The third-order valence-electron chi connectivity index (χ3n) is 5.80. The summed E-state index contributed by atoms with van der Waals surface area (Å²) in [6, 6.07) is 13.6. The van der Waals surface area contributed by atoms with Gasteiger partial charge in [-0.05, 0) is 61.4 Å². The molecule has 0 aliphatic carbocycles. The van der Waals surface area contributed by atoms with Gasteiger partial charge in [-0.1, -0.05) is 6.07 Å². The van der Waals surface area contributed by atoms with E-state index >= 15 is 0 Å². The molecule has 2 aromatic carbocycles. The van der Waals surface area contributed by atoms with Gasteiger partial charge in [0.05, 0.1) is 17.7 Å². The van der Waals surface area contributed by atoms with E-state index < -0.39 is 10.0 Å². The smallest absolute Gasteiger partial charge is 0.252 e. The molecule has 1 aliphatic heterocycles. The Morgan fingerprint density at radius 1 is 0.971 bits per heavy atom. The average molecular weight is 481 g/mol. The van der Waals surface area contributed by atoms with Crippen LogP contribution < -0.4 is 15.0 Å². The Morgan fingerprint density at radius 3 is 2.53 bits per heavy atom. The maximum atomic E-state index is 13.7. The average Bonchev–Trinajstić information content (AvgIpc) is 3.32. The fraction of sp³-hybridized carbons (Fsp3) is 0.240. The molecule has 9 heteroatoms. The highest BCUT2D eigenvalue weighted by atomic mass is 32.2. The van der Waals surface area contributed by atoms with Crippen LogP contribution in [-0.4, -0.2) is 30.9 Å². The number of hydrogen-bond donors (Lipinski definition) is 1. The van der Waals surface area contributed by atoms with Crippen LogP contribution in [0.2, 0.25) is 0 Å². The number of benzene rings is 2. The molecule has 4 aromatic rings. The molecule has 2 aromatic heterocycles. The fourth-order valence-corrected chi connectivity index (χ4v) is 5.56. The zero-order valence-corrected chi connectivity index (χ0v) is 19.6. The number of sulfonamides is 1. The number of rotatable bonds is 6. The highest BCUT2D eigenvalue weighted by Crippen LogP contribution is 2.34. The van der Waals surface area contributed by atoms with E-state index in [9.17, 15) is 13.2 Å². The molecule has 0 atom stereocenters. The second kappa shape index (κ2) is 8.66. The lowest BCUT2D eigenvalue weighted by molar-refractivity contribution is 0.171. The molecule has 1 aliphatic rings. The number of pyridine rings is 1. The van der Waals surface area contributed by atoms with Crippen LogP contribution in [0, 0.1) is 13.8 Å². The number of aromatic nitrogens is 1. The molecule has 0 saturated carbocycles. The Kier molecular flexibility index (Phi) is 5.66. The Labute approximate surface area is 196 Å². The lowest BCUT2D eigenvalue weighted by atomic mass is 10.0. The molecule has 0 fully saturated rings. The van der Waals surface area contributed by atoms with E-state index in [1.165, 1.54) is 22.7 Å². The quantitative estimate of drug-likeness (QED) is 0.449. The molecule has 8 nitrogen and oxygen atoms in total. The Bertz CT molecular complexity index is 1520. The number of furan rings is 1. The maximum Gasteiger partial charge on any atom is 0.252 e. The molecule has 0 unspecified atom stereocenters. The monoisotopic (exact) mass is 480 g/mol. The number of H-pyrrole nitrogens is 1. The summed E-state index contributed by atoms with van der Waals surface area (Å²) in [6.07, 6.45) is 1.48. The Balaban J connectivity index is 1.57. The Morgan fingerprint density at radius 2 is 1.76 bits per heavy atom. The van der Waals surface area contributed by atoms with Crippen molar-refractivity contribution in [1.82, 2.24) is 9.29 Å². The SMILES string of the molecule is Cc1cc(C)c2cc(CN(Cc3ccco3)S(=O)(=O)c3ccc4c(c3)OCCO4)c(=O)[nH]c2c1. The summed E-state index contributed by atoms with van der Waals surface area (Å²) in [6.45, 7) is 4.52. The first-order valence-corrected chi connectivity index (χ1v) is 12.3. The van der Waals surface area contributed by atoms with Crippen LogP contribution in [0.15, 0.2) is 68.9 Å². The first-order chi connectivity index (χ1) is 16.3. The molecule has 34 heavy (non-hydrogen) atoms. The predicted octanol–water partition coefficient (Wildman–Crippen LogP) is 3.90. The lowest BCUT2D eigenvalue weighted by Crippen LogP contribution is -2.32. The molecule has 0 radical (unpaired) electrons. The molecule has 176 valence electrons. The molecule has 5 rings (SSSR count). The van der Waals surface area contributed by atoms with Gasteiger partial charge in [0, 0.05) is 29.1 Å². The van der Waals surface area contributed by atoms with Crippen molar-refractivity contribution < 1.29 is 22.3 Å². The molecule has 0 saturated heterocycles. The van der Waals surface area contributed by atoms with Gasteiger partial charge >= 0.3 is 0 Å². The molecule has 0 spiro atoms. The number of aromatic amines is 1. The minimum atomic E-state index is -4.01. The fourth-order valence-electron chi connectivity index (χ4n) is 4.16. The van der Waals surface area contributed by atoms with Crippen LogP contribution in [0.5, 0.6) is 11.5 Å². The number of ether oxygens (including phenoxy) is 2. The zero-order chi connectivity index (χ0) is 23.9. The molecule has 1 N–H and O–H groups in total. The van der Waals surface area contributed by atoms with Gasteiger partial charge in [-0.25, -0.2) is 8.42 Å². The summed E-state index contributed by atoms with van der Waals surface area (Å²) in [7, 11) is -4.01. The van der Waals surface area contributed by atoms with E-state index in [2.05, 4.69) is 4.98 Å². The van der Waals surface area contributed by atoms with Crippen molar-refractivity contribution in [3.8, 4) is 11.5 Å².